The molecule has 0 aromatic heterocycles. The maximum Gasteiger partial charge on any atom is 0.333 e. The van der Waals surface area contributed by atoms with Crippen LogP contribution in [-0.2, 0) is 16.1 Å². The summed E-state index contributed by atoms with van der Waals surface area (Å²) < 4.78 is 4.95. The molecule has 0 aliphatic carbocycles. The predicted molar refractivity (Wildman–Crippen MR) is 51.1 cm³/mol. The maximum absolute atomic E-state index is 11.0. The summed E-state index contributed by atoms with van der Waals surface area (Å²) in [6, 6.07) is 9.55. The third-order valence-electron chi connectivity index (χ3n) is 1.56. The summed E-state index contributed by atoms with van der Waals surface area (Å²) >= 11 is 0. The molecule has 0 heterocycles. The number of hydrogen-bond acceptors (Lipinski definition) is 2. The van der Waals surface area contributed by atoms with Crippen molar-refractivity contribution in [3.63, 3.8) is 0 Å². The molecule has 0 saturated heterocycles. The fourth-order valence-electron chi connectivity index (χ4n) is 0.846. The minimum atomic E-state index is -0.344. The van der Waals surface area contributed by atoms with Crippen molar-refractivity contribution in [2.45, 2.75) is 13.5 Å². The van der Waals surface area contributed by atoms with Crippen molar-refractivity contribution in [2.75, 3.05) is 0 Å². The van der Waals surface area contributed by atoms with E-state index >= 15 is 0 Å². The first kappa shape index (κ1) is 9.52. The molecule has 0 unspecified atom stereocenters. The zero-order valence-electron chi connectivity index (χ0n) is 7.62. The van der Waals surface area contributed by atoms with Crippen LogP contribution in [0.5, 0.6) is 0 Å². The van der Waals surface area contributed by atoms with Gasteiger partial charge in [-0.05, 0) is 12.5 Å². The standard InChI is InChI=1S/C11H12O2/c1-9(2)11(12)13-8-10-6-4-3-5-7-10/h3-7H,1,8H2,2H3/i1+1,9+1. The normalized spacial score (nSPS) is 9.31. The van der Waals surface area contributed by atoms with Gasteiger partial charge >= 0.3 is 5.97 Å². The Morgan fingerprint density at radius 3 is 2.54 bits per heavy atom. The molecule has 0 fully saturated rings. The van der Waals surface area contributed by atoms with E-state index in [1.807, 2.05) is 30.3 Å². The molecule has 13 heavy (non-hydrogen) atoms. The lowest BCUT2D eigenvalue weighted by Gasteiger charge is -2.03. The number of rotatable bonds is 3. The van der Waals surface area contributed by atoms with Crippen LogP contribution in [0.4, 0.5) is 0 Å². The van der Waals surface area contributed by atoms with Crippen molar-refractivity contribution in [1.82, 2.24) is 0 Å². The Kier molecular flexibility index (Phi) is 3.26. The highest BCUT2D eigenvalue weighted by atomic mass is 16.5. The van der Waals surface area contributed by atoms with Crippen LogP contribution in [0.1, 0.15) is 12.5 Å². The van der Waals surface area contributed by atoms with Gasteiger partial charge in [-0.2, -0.15) is 0 Å². The third kappa shape index (κ3) is 3.11. The van der Waals surface area contributed by atoms with E-state index in [9.17, 15) is 4.79 Å². The number of ether oxygens (including phenoxy) is 1. The van der Waals surface area contributed by atoms with Crippen LogP contribution in [0.25, 0.3) is 0 Å². The number of benzene rings is 1. The van der Waals surface area contributed by atoms with Crippen molar-refractivity contribution >= 4 is 5.97 Å². The lowest BCUT2D eigenvalue weighted by Crippen LogP contribution is -2.04. The molecule has 0 aliphatic rings. The highest BCUT2D eigenvalue weighted by Gasteiger charge is 2.02. The van der Waals surface area contributed by atoms with Crippen LogP contribution >= 0.6 is 0 Å². The highest BCUT2D eigenvalue weighted by Crippen LogP contribution is 2.02. The van der Waals surface area contributed by atoms with Crippen LogP contribution in [0.15, 0.2) is 42.5 Å². The van der Waals surface area contributed by atoms with Crippen LogP contribution in [0.2, 0.25) is 0 Å². The lowest BCUT2D eigenvalue weighted by atomic mass is 10.2. The molecule has 0 bridgehead atoms. The Labute approximate surface area is 77.8 Å². The van der Waals surface area contributed by atoms with Gasteiger partial charge in [0.15, 0.2) is 0 Å². The number of hydrogen-bond donors (Lipinski definition) is 0. The Hall–Kier alpha value is -1.57. The van der Waals surface area contributed by atoms with Crippen molar-refractivity contribution in [3.8, 4) is 0 Å². The summed E-state index contributed by atoms with van der Waals surface area (Å²) in [5, 5.41) is 0. The molecule has 0 atom stereocenters. The maximum atomic E-state index is 11.0. The highest BCUT2D eigenvalue weighted by molar-refractivity contribution is 5.86. The second kappa shape index (κ2) is 4.45. The second-order valence-corrected chi connectivity index (χ2v) is 2.84. The Bertz CT molecular complexity index is 301. The zero-order valence-corrected chi connectivity index (χ0v) is 7.62. The molecule has 2 heteroatoms. The summed E-state index contributed by atoms with van der Waals surface area (Å²) in [5.74, 6) is -0.344. The summed E-state index contributed by atoms with van der Waals surface area (Å²) in [7, 11) is 0. The molecule has 1 aromatic carbocycles. The first-order valence-electron chi connectivity index (χ1n) is 4.06. The van der Waals surface area contributed by atoms with Gasteiger partial charge in [0.1, 0.15) is 6.61 Å². The largest absolute Gasteiger partial charge is 0.457 e. The average molecular weight is 178 g/mol. The molecule has 2 nitrogen and oxygen atoms in total. The Balaban J connectivity index is 2.44. The smallest absolute Gasteiger partial charge is 0.333 e. The van der Waals surface area contributed by atoms with E-state index in [2.05, 4.69) is 6.58 Å². The van der Waals surface area contributed by atoms with Gasteiger partial charge in [-0.25, -0.2) is 4.79 Å². The van der Waals surface area contributed by atoms with Gasteiger partial charge < -0.3 is 4.74 Å². The molecule has 0 aliphatic heterocycles. The van der Waals surface area contributed by atoms with Crippen LogP contribution < -0.4 is 0 Å². The van der Waals surface area contributed by atoms with Crippen molar-refractivity contribution < 1.29 is 9.53 Å². The molecular weight excluding hydrogens is 166 g/mol. The summed E-state index contributed by atoms with van der Waals surface area (Å²) in [6.07, 6.45) is 0. The van der Waals surface area contributed by atoms with Gasteiger partial charge in [-0.1, -0.05) is 36.9 Å². The van der Waals surface area contributed by atoms with E-state index in [0.717, 1.165) is 5.56 Å². The van der Waals surface area contributed by atoms with Gasteiger partial charge in [0.2, 0.25) is 0 Å². The Morgan fingerprint density at radius 2 is 2.00 bits per heavy atom. The minimum Gasteiger partial charge on any atom is -0.457 e. The zero-order chi connectivity index (χ0) is 9.68. The molecule has 0 saturated carbocycles. The van der Waals surface area contributed by atoms with E-state index in [0.29, 0.717) is 12.2 Å². The van der Waals surface area contributed by atoms with Crippen molar-refractivity contribution in [1.29, 1.82) is 0 Å². The third-order valence-corrected chi connectivity index (χ3v) is 1.56. The van der Waals surface area contributed by atoms with E-state index in [1.54, 1.807) is 6.92 Å². The summed E-state index contributed by atoms with van der Waals surface area (Å²) in [5.41, 5.74) is 1.41. The molecule has 1 aromatic rings. The fraction of sp³-hybridized carbons (Fsp3) is 0.182. The van der Waals surface area contributed by atoms with E-state index in [-0.39, 0.29) is 5.97 Å². The molecule has 0 N–H and O–H groups in total. The van der Waals surface area contributed by atoms with Crippen LogP contribution in [-0.4, -0.2) is 5.97 Å². The average Bonchev–Trinajstić information content (AvgIpc) is 2.15. The minimum absolute atomic E-state index is 0.312. The van der Waals surface area contributed by atoms with E-state index < -0.39 is 0 Å². The fourth-order valence-corrected chi connectivity index (χ4v) is 0.846. The predicted octanol–water partition coefficient (Wildman–Crippen LogP) is 2.31. The van der Waals surface area contributed by atoms with E-state index in [1.165, 1.54) is 0 Å². The van der Waals surface area contributed by atoms with Crippen LogP contribution in [0, 0.1) is 0 Å². The first-order valence-corrected chi connectivity index (χ1v) is 4.06. The topological polar surface area (TPSA) is 26.3 Å². The second-order valence-electron chi connectivity index (χ2n) is 2.84. The van der Waals surface area contributed by atoms with Gasteiger partial charge in [0.05, 0.1) is 0 Å². The molecule has 0 radical (unpaired) electrons. The first-order chi connectivity index (χ1) is 6.20. The number of carbonyl (C=O) groups excluding carboxylic acids is 1. The van der Waals surface area contributed by atoms with Gasteiger partial charge in [0.25, 0.3) is 0 Å². The van der Waals surface area contributed by atoms with E-state index in [4.69, 9.17) is 4.74 Å². The van der Waals surface area contributed by atoms with Gasteiger partial charge in [-0.3, -0.25) is 0 Å². The van der Waals surface area contributed by atoms with Crippen LogP contribution in [0.3, 0.4) is 0 Å². The Morgan fingerprint density at radius 1 is 1.38 bits per heavy atom. The molecule has 68 valence electrons. The summed E-state index contributed by atoms with van der Waals surface area (Å²) in [6.45, 7) is 5.44. The molecule has 0 amide bonds. The number of esters is 1. The lowest BCUT2D eigenvalue weighted by molar-refractivity contribution is -0.140. The SMILES string of the molecule is C[13C](=[13CH2])C(=O)OCc1ccccc1. The number of carbonyl (C=O) groups is 1. The van der Waals surface area contributed by atoms with Crippen molar-refractivity contribution in [2.24, 2.45) is 0 Å². The molecule has 1 rings (SSSR count). The molecular formula is C11H12O2. The van der Waals surface area contributed by atoms with Gasteiger partial charge in [-0.15, -0.1) is 0 Å². The molecule has 0 spiro atoms. The monoisotopic (exact) mass is 178 g/mol. The summed E-state index contributed by atoms with van der Waals surface area (Å²) in [4.78, 5) is 11.0. The quantitative estimate of drug-likeness (QED) is 0.403. The van der Waals surface area contributed by atoms with Gasteiger partial charge in [0, 0.05) is 5.57 Å². The van der Waals surface area contributed by atoms with Crippen molar-refractivity contribution in [3.05, 3.63) is 48.0 Å².